The van der Waals surface area contributed by atoms with E-state index in [9.17, 15) is 18.0 Å². The predicted octanol–water partition coefficient (Wildman–Crippen LogP) is 3.35. The van der Waals surface area contributed by atoms with E-state index in [-0.39, 0.29) is 36.2 Å². The van der Waals surface area contributed by atoms with Gasteiger partial charge in [0.15, 0.2) is 15.6 Å². The van der Waals surface area contributed by atoms with Crippen LogP contribution in [0.25, 0.3) is 11.1 Å². The second kappa shape index (κ2) is 8.32. The zero-order chi connectivity index (χ0) is 24.2. The fraction of sp³-hybridized carbons (Fsp3) is 0.259. The van der Waals surface area contributed by atoms with Crippen LogP contribution in [0.3, 0.4) is 0 Å². The second-order valence-corrected chi connectivity index (χ2v) is 11.3. The SMILES string of the molecule is O=C1CNC2CC(S(=O)(=O)c3ccccc3)N(C(=O)OCC3c4ccccc4-c4ccccc43)C12. The molecule has 6 rings (SSSR count). The van der Waals surface area contributed by atoms with Crippen LogP contribution in [0, 0.1) is 0 Å². The van der Waals surface area contributed by atoms with Gasteiger partial charge < -0.3 is 10.1 Å². The smallest absolute Gasteiger partial charge is 0.411 e. The quantitative estimate of drug-likeness (QED) is 0.606. The van der Waals surface area contributed by atoms with Gasteiger partial charge in [0.05, 0.1) is 11.4 Å². The van der Waals surface area contributed by atoms with E-state index < -0.39 is 33.4 Å². The molecule has 2 fully saturated rings. The van der Waals surface area contributed by atoms with Crippen molar-refractivity contribution in [3.8, 4) is 11.1 Å². The van der Waals surface area contributed by atoms with Gasteiger partial charge in [0, 0.05) is 18.4 Å². The average Bonchev–Trinajstić information content (AvgIpc) is 3.54. The summed E-state index contributed by atoms with van der Waals surface area (Å²) in [6, 6.07) is 22.8. The number of sulfone groups is 1. The Morgan fingerprint density at radius 1 is 0.914 bits per heavy atom. The Balaban J connectivity index is 1.30. The number of benzene rings is 3. The second-order valence-electron chi connectivity index (χ2n) is 9.16. The van der Waals surface area contributed by atoms with Crippen LogP contribution in [0.5, 0.6) is 0 Å². The maximum absolute atomic E-state index is 13.5. The predicted molar refractivity (Wildman–Crippen MR) is 130 cm³/mol. The highest BCUT2D eigenvalue weighted by molar-refractivity contribution is 7.92. The third-order valence-corrected chi connectivity index (χ3v) is 9.36. The molecule has 0 bridgehead atoms. The zero-order valence-electron chi connectivity index (χ0n) is 18.8. The summed E-state index contributed by atoms with van der Waals surface area (Å²) in [6.07, 6.45) is -0.640. The topological polar surface area (TPSA) is 92.8 Å². The molecule has 3 aliphatic rings. The first-order chi connectivity index (χ1) is 17.0. The van der Waals surface area contributed by atoms with Gasteiger partial charge in [-0.1, -0.05) is 66.7 Å². The van der Waals surface area contributed by atoms with Crippen LogP contribution in [0.4, 0.5) is 4.79 Å². The molecule has 3 aromatic rings. The summed E-state index contributed by atoms with van der Waals surface area (Å²) < 4.78 is 32.8. The molecule has 2 heterocycles. The Hall–Kier alpha value is -3.49. The van der Waals surface area contributed by atoms with Crippen molar-refractivity contribution >= 4 is 21.7 Å². The molecule has 8 heteroatoms. The Labute approximate surface area is 203 Å². The highest BCUT2D eigenvalue weighted by atomic mass is 32.2. The normalized spacial score (nSPS) is 23.1. The highest BCUT2D eigenvalue weighted by Crippen LogP contribution is 2.45. The number of hydrogen-bond acceptors (Lipinski definition) is 6. The third-order valence-electron chi connectivity index (χ3n) is 7.29. The lowest BCUT2D eigenvalue weighted by atomic mass is 9.98. The number of carbonyl (C=O) groups excluding carboxylic acids is 2. The molecule has 0 radical (unpaired) electrons. The molecule has 1 aliphatic carbocycles. The molecule has 1 amide bonds. The minimum absolute atomic E-state index is 0.0560. The van der Waals surface area contributed by atoms with Gasteiger partial charge in [-0.15, -0.1) is 0 Å². The van der Waals surface area contributed by atoms with Crippen LogP contribution in [-0.2, 0) is 19.4 Å². The number of ketones is 1. The van der Waals surface area contributed by atoms with Gasteiger partial charge in [0.25, 0.3) is 0 Å². The summed E-state index contributed by atoms with van der Waals surface area (Å²) in [5.41, 5.74) is 4.33. The first kappa shape index (κ1) is 22.0. The van der Waals surface area contributed by atoms with E-state index in [0.717, 1.165) is 27.2 Å². The minimum atomic E-state index is -3.90. The number of carbonyl (C=O) groups is 2. The van der Waals surface area contributed by atoms with Crippen molar-refractivity contribution in [2.45, 2.75) is 34.7 Å². The number of nitrogens with one attached hydrogen (secondary N) is 1. The first-order valence-corrected chi connectivity index (χ1v) is 13.2. The largest absolute Gasteiger partial charge is 0.448 e. The number of fused-ring (bicyclic) bond motifs is 4. The number of amides is 1. The summed E-state index contributed by atoms with van der Waals surface area (Å²) >= 11 is 0. The fourth-order valence-corrected chi connectivity index (χ4v) is 7.51. The molecule has 0 spiro atoms. The summed E-state index contributed by atoms with van der Waals surface area (Å²) in [5.74, 6) is -0.361. The van der Waals surface area contributed by atoms with Crippen molar-refractivity contribution < 1.29 is 22.7 Å². The molecule has 1 N–H and O–H groups in total. The van der Waals surface area contributed by atoms with E-state index >= 15 is 0 Å². The minimum Gasteiger partial charge on any atom is -0.448 e. The Morgan fingerprint density at radius 3 is 2.17 bits per heavy atom. The first-order valence-electron chi connectivity index (χ1n) is 11.6. The summed E-state index contributed by atoms with van der Waals surface area (Å²) in [4.78, 5) is 27.4. The lowest BCUT2D eigenvalue weighted by molar-refractivity contribution is -0.120. The maximum Gasteiger partial charge on any atom is 0.411 e. The van der Waals surface area contributed by atoms with E-state index in [2.05, 4.69) is 5.32 Å². The van der Waals surface area contributed by atoms with Gasteiger partial charge >= 0.3 is 6.09 Å². The van der Waals surface area contributed by atoms with Gasteiger partial charge in [0.2, 0.25) is 0 Å². The molecule has 3 unspecified atom stereocenters. The molecule has 3 atom stereocenters. The van der Waals surface area contributed by atoms with Crippen LogP contribution in [0.2, 0.25) is 0 Å². The van der Waals surface area contributed by atoms with E-state index in [1.165, 1.54) is 12.1 Å². The van der Waals surface area contributed by atoms with Gasteiger partial charge in [0.1, 0.15) is 18.0 Å². The van der Waals surface area contributed by atoms with Crippen molar-refractivity contribution in [1.29, 1.82) is 0 Å². The number of Topliss-reactive ketones (excluding diaryl/α,β-unsaturated/α-hetero) is 1. The van der Waals surface area contributed by atoms with Gasteiger partial charge in [-0.2, -0.15) is 0 Å². The molecule has 7 nitrogen and oxygen atoms in total. The monoisotopic (exact) mass is 488 g/mol. The van der Waals surface area contributed by atoms with E-state index in [1.807, 2.05) is 48.5 Å². The number of hydrogen-bond donors (Lipinski definition) is 1. The average molecular weight is 489 g/mol. The number of rotatable bonds is 4. The molecule has 178 valence electrons. The maximum atomic E-state index is 13.5. The number of likely N-dealkylation sites (tertiary alicyclic amines) is 1. The van der Waals surface area contributed by atoms with E-state index in [0.29, 0.717) is 0 Å². The molecule has 2 saturated heterocycles. The summed E-state index contributed by atoms with van der Waals surface area (Å²) in [5, 5.41) is 1.89. The number of nitrogens with zero attached hydrogens (tertiary/aromatic N) is 1. The van der Waals surface area contributed by atoms with Crippen LogP contribution in [0.1, 0.15) is 23.5 Å². The molecule has 35 heavy (non-hydrogen) atoms. The molecule has 0 aromatic heterocycles. The van der Waals surface area contributed by atoms with Gasteiger partial charge in [-0.25, -0.2) is 13.2 Å². The molecule has 2 aliphatic heterocycles. The number of ether oxygens (including phenoxy) is 1. The fourth-order valence-electron chi connectivity index (χ4n) is 5.69. The summed E-state index contributed by atoms with van der Waals surface area (Å²) in [6.45, 7) is 0.168. The van der Waals surface area contributed by atoms with E-state index in [1.54, 1.807) is 18.2 Å². The molecule has 0 saturated carbocycles. The highest BCUT2D eigenvalue weighted by Gasteiger charge is 2.55. The van der Waals surface area contributed by atoms with Crippen molar-refractivity contribution in [2.24, 2.45) is 0 Å². The van der Waals surface area contributed by atoms with E-state index in [4.69, 9.17) is 4.74 Å². The third kappa shape index (κ3) is 3.47. The molecule has 3 aromatic carbocycles. The van der Waals surface area contributed by atoms with Crippen LogP contribution < -0.4 is 5.32 Å². The van der Waals surface area contributed by atoms with Crippen LogP contribution in [0.15, 0.2) is 83.8 Å². The van der Waals surface area contributed by atoms with Crippen molar-refractivity contribution in [3.05, 3.63) is 90.0 Å². The zero-order valence-corrected chi connectivity index (χ0v) is 19.6. The summed E-state index contributed by atoms with van der Waals surface area (Å²) in [7, 11) is -3.90. The lowest BCUT2D eigenvalue weighted by Crippen LogP contribution is -2.48. The van der Waals surface area contributed by atoms with Crippen molar-refractivity contribution in [3.63, 3.8) is 0 Å². The molecular formula is C27H24N2O5S. The van der Waals surface area contributed by atoms with Crippen LogP contribution >= 0.6 is 0 Å². The van der Waals surface area contributed by atoms with Gasteiger partial charge in [-0.3, -0.25) is 9.69 Å². The standard InChI is InChI=1S/C27H24N2O5S/c30-24-15-28-23-14-25(35(32,33)17-8-2-1-3-9-17)29(26(23)24)27(31)34-16-22-20-12-6-4-10-18(20)19-11-5-7-13-21(19)22/h1-13,22-23,25-26,28H,14-16H2. The van der Waals surface area contributed by atoms with Crippen molar-refractivity contribution in [1.82, 2.24) is 10.2 Å². The Kier molecular flexibility index (Phi) is 5.23. The Bertz CT molecular complexity index is 1380. The molecular weight excluding hydrogens is 464 g/mol. The lowest BCUT2D eigenvalue weighted by Gasteiger charge is -2.28. The Morgan fingerprint density at radius 2 is 1.51 bits per heavy atom. The van der Waals surface area contributed by atoms with Crippen LogP contribution in [-0.4, -0.2) is 55.8 Å². The van der Waals surface area contributed by atoms with Gasteiger partial charge in [-0.05, 0) is 34.4 Å². The van der Waals surface area contributed by atoms with Crippen molar-refractivity contribution in [2.75, 3.05) is 13.2 Å².